The van der Waals surface area contributed by atoms with Gasteiger partial charge >= 0.3 is 0 Å². The molecule has 0 aromatic heterocycles. The van der Waals surface area contributed by atoms with Crippen LogP contribution in [0.25, 0.3) is 0 Å². The Morgan fingerprint density at radius 1 is 1.42 bits per heavy atom. The number of nitrogens with zero attached hydrogens (tertiary/aromatic N) is 1. The van der Waals surface area contributed by atoms with Gasteiger partial charge < -0.3 is 5.11 Å². The minimum atomic E-state index is -0.490. The quantitative estimate of drug-likeness (QED) is 0.695. The molecule has 1 rings (SSSR count). The van der Waals surface area contributed by atoms with Gasteiger partial charge in [-0.3, -0.25) is 4.90 Å². The van der Waals surface area contributed by atoms with Crippen LogP contribution in [0, 0.1) is 5.41 Å². The third-order valence-corrected chi connectivity index (χ3v) is 2.63. The second-order valence-electron chi connectivity index (χ2n) is 5.16. The molecule has 0 bridgehead atoms. The van der Waals surface area contributed by atoms with E-state index in [1.807, 2.05) is 13.8 Å². The van der Waals surface area contributed by atoms with Gasteiger partial charge in [0.2, 0.25) is 0 Å². The zero-order valence-corrected chi connectivity index (χ0v) is 8.72. The van der Waals surface area contributed by atoms with Crippen molar-refractivity contribution < 1.29 is 5.11 Å². The van der Waals surface area contributed by atoms with Crippen molar-refractivity contribution in [2.75, 3.05) is 19.6 Å². The largest absolute Gasteiger partial charge is 0.389 e. The van der Waals surface area contributed by atoms with Crippen molar-refractivity contribution in [2.24, 2.45) is 5.41 Å². The molecule has 1 N–H and O–H groups in total. The molecule has 0 aromatic carbocycles. The van der Waals surface area contributed by atoms with E-state index in [9.17, 15) is 5.11 Å². The van der Waals surface area contributed by atoms with Crippen LogP contribution in [0.2, 0.25) is 0 Å². The highest BCUT2D eigenvalue weighted by molar-refractivity contribution is 4.90. The van der Waals surface area contributed by atoms with Crippen LogP contribution in [0.3, 0.4) is 0 Å². The summed E-state index contributed by atoms with van der Waals surface area (Å²) in [7, 11) is 0. The molecule has 72 valence electrons. The molecule has 1 aliphatic rings. The van der Waals surface area contributed by atoms with E-state index >= 15 is 0 Å². The maximum Gasteiger partial charge on any atom is 0.0743 e. The number of aliphatic hydroxyl groups is 1. The molecule has 12 heavy (non-hydrogen) atoms. The zero-order chi connectivity index (χ0) is 9.41. The topological polar surface area (TPSA) is 23.5 Å². The summed E-state index contributed by atoms with van der Waals surface area (Å²) in [4.78, 5) is 2.32. The van der Waals surface area contributed by atoms with E-state index in [0.717, 1.165) is 26.1 Å². The van der Waals surface area contributed by atoms with E-state index in [4.69, 9.17) is 0 Å². The summed E-state index contributed by atoms with van der Waals surface area (Å²) in [5, 5.41) is 9.79. The Hall–Kier alpha value is -0.0800. The summed E-state index contributed by atoms with van der Waals surface area (Å²) in [6.07, 6.45) is 0.837. The highest BCUT2D eigenvalue weighted by Crippen LogP contribution is 2.30. The van der Waals surface area contributed by atoms with Crippen LogP contribution in [-0.4, -0.2) is 35.2 Å². The summed E-state index contributed by atoms with van der Waals surface area (Å²) in [5.74, 6) is 0. The first-order valence-corrected chi connectivity index (χ1v) is 4.79. The van der Waals surface area contributed by atoms with Crippen LogP contribution in [-0.2, 0) is 0 Å². The summed E-state index contributed by atoms with van der Waals surface area (Å²) < 4.78 is 0. The molecule has 0 aromatic rings. The number of hydrogen-bond donors (Lipinski definition) is 1. The number of rotatable bonds is 3. The molecule has 0 spiro atoms. The molecule has 0 amide bonds. The predicted octanol–water partition coefficient (Wildman–Crippen LogP) is 1.49. The molecule has 0 radical (unpaired) electrons. The van der Waals surface area contributed by atoms with E-state index < -0.39 is 5.60 Å². The van der Waals surface area contributed by atoms with Crippen LogP contribution >= 0.6 is 0 Å². The van der Waals surface area contributed by atoms with Gasteiger partial charge in [0.05, 0.1) is 5.60 Å². The molecule has 1 heterocycles. The molecule has 0 saturated carbocycles. The number of hydrogen-bond acceptors (Lipinski definition) is 2. The van der Waals surface area contributed by atoms with Crippen LogP contribution < -0.4 is 0 Å². The average molecular weight is 171 g/mol. The molecule has 0 aliphatic carbocycles. The Morgan fingerprint density at radius 2 is 1.92 bits per heavy atom. The Kier molecular flexibility index (Phi) is 2.50. The fraction of sp³-hybridized carbons (Fsp3) is 1.00. The maximum absolute atomic E-state index is 9.79. The van der Waals surface area contributed by atoms with Crippen molar-refractivity contribution in [1.82, 2.24) is 4.90 Å². The molecule has 1 atom stereocenters. The van der Waals surface area contributed by atoms with Gasteiger partial charge in [-0.2, -0.15) is 0 Å². The summed E-state index contributed by atoms with van der Waals surface area (Å²) in [5.41, 5.74) is -0.0136. The van der Waals surface area contributed by atoms with Crippen molar-refractivity contribution in [2.45, 2.75) is 39.7 Å². The smallest absolute Gasteiger partial charge is 0.0743 e. The molecular formula is C10H21NO. The van der Waals surface area contributed by atoms with Crippen molar-refractivity contribution in [3.8, 4) is 0 Å². The van der Waals surface area contributed by atoms with Gasteiger partial charge in [-0.25, -0.2) is 0 Å². The van der Waals surface area contributed by atoms with Crippen LogP contribution in [0.4, 0.5) is 0 Å². The predicted molar refractivity (Wildman–Crippen MR) is 51.1 cm³/mol. The Labute approximate surface area is 75.6 Å². The fourth-order valence-corrected chi connectivity index (χ4v) is 1.87. The summed E-state index contributed by atoms with van der Waals surface area (Å²) in [6, 6.07) is 0. The van der Waals surface area contributed by atoms with Gasteiger partial charge in [-0.15, -0.1) is 0 Å². The standard InChI is InChI=1S/C10H21NO/c1-5-10(4,12)8-11-6-9(2,3)7-11/h12H,5-8H2,1-4H3. The molecule has 1 saturated heterocycles. The first-order valence-electron chi connectivity index (χ1n) is 4.79. The number of β-amino-alcohol motifs (C(OH)–C–C–N with tert-alkyl or cyclic N) is 1. The Morgan fingerprint density at radius 3 is 2.25 bits per heavy atom. The molecular weight excluding hydrogens is 150 g/mol. The van der Waals surface area contributed by atoms with E-state index in [1.165, 1.54) is 0 Å². The zero-order valence-electron chi connectivity index (χ0n) is 8.72. The van der Waals surface area contributed by atoms with Gasteiger partial charge in [-0.05, 0) is 18.8 Å². The van der Waals surface area contributed by atoms with Gasteiger partial charge in [0, 0.05) is 19.6 Å². The molecule has 1 fully saturated rings. The number of likely N-dealkylation sites (tertiary alicyclic amines) is 1. The highest BCUT2D eigenvalue weighted by atomic mass is 16.3. The van der Waals surface area contributed by atoms with E-state index in [0.29, 0.717) is 5.41 Å². The van der Waals surface area contributed by atoms with Gasteiger partial charge in [0.1, 0.15) is 0 Å². The summed E-state index contributed by atoms with van der Waals surface area (Å²) >= 11 is 0. The van der Waals surface area contributed by atoms with Gasteiger partial charge in [-0.1, -0.05) is 20.8 Å². The second-order valence-corrected chi connectivity index (χ2v) is 5.16. The minimum absolute atomic E-state index is 0.476. The Balaban J connectivity index is 2.27. The normalized spacial score (nSPS) is 27.8. The van der Waals surface area contributed by atoms with Crippen LogP contribution in [0.1, 0.15) is 34.1 Å². The van der Waals surface area contributed by atoms with E-state index in [1.54, 1.807) is 0 Å². The third kappa shape index (κ3) is 2.46. The lowest BCUT2D eigenvalue weighted by molar-refractivity contribution is -0.0477. The van der Waals surface area contributed by atoms with Crippen LogP contribution in [0.5, 0.6) is 0 Å². The molecule has 1 unspecified atom stereocenters. The van der Waals surface area contributed by atoms with E-state index in [-0.39, 0.29) is 0 Å². The first-order chi connectivity index (χ1) is 5.35. The van der Waals surface area contributed by atoms with Crippen molar-refractivity contribution in [1.29, 1.82) is 0 Å². The monoisotopic (exact) mass is 171 g/mol. The SMILES string of the molecule is CCC(C)(O)CN1CC(C)(C)C1. The lowest BCUT2D eigenvalue weighted by Gasteiger charge is -2.48. The molecule has 1 aliphatic heterocycles. The molecule has 2 heteroatoms. The van der Waals surface area contributed by atoms with Crippen LogP contribution in [0.15, 0.2) is 0 Å². The second kappa shape index (κ2) is 3.00. The third-order valence-electron chi connectivity index (χ3n) is 2.63. The fourth-order valence-electron chi connectivity index (χ4n) is 1.87. The lowest BCUT2D eigenvalue weighted by atomic mass is 9.83. The first kappa shape index (κ1) is 10.0. The van der Waals surface area contributed by atoms with Crippen molar-refractivity contribution in [3.05, 3.63) is 0 Å². The Bertz CT molecular complexity index is 155. The summed E-state index contributed by atoms with van der Waals surface area (Å²) in [6.45, 7) is 11.6. The minimum Gasteiger partial charge on any atom is -0.389 e. The van der Waals surface area contributed by atoms with Crippen molar-refractivity contribution >= 4 is 0 Å². The molecule has 2 nitrogen and oxygen atoms in total. The highest BCUT2D eigenvalue weighted by Gasteiger charge is 2.36. The van der Waals surface area contributed by atoms with Gasteiger partial charge in [0.25, 0.3) is 0 Å². The average Bonchev–Trinajstić information content (AvgIpc) is 1.83. The lowest BCUT2D eigenvalue weighted by Crippen LogP contribution is -2.57. The van der Waals surface area contributed by atoms with Gasteiger partial charge in [0.15, 0.2) is 0 Å². The maximum atomic E-state index is 9.79. The van der Waals surface area contributed by atoms with E-state index in [2.05, 4.69) is 18.7 Å². The van der Waals surface area contributed by atoms with Crippen molar-refractivity contribution in [3.63, 3.8) is 0 Å².